The van der Waals surface area contributed by atoms with Gasteiger partial charge < -0.3 is 20.5 Å². The standard InChI is InChI=1S/C27H32N2O5/c1-17(2)12-13-23(24(30)29-27(25(31)32)14-7-15-27)28-26(33)34-16-22-20-10-5-3-8-18(20)19-9-4-6-11-21(19)22/h3-6,8-11,17,22-23H,7,12-16H2,1-2H3,(H,28,33)(H,29,30)(H,31,32). The molecular weight excluding hydrogens is 432 g/mol. The highest BCUT2D eigenvalue weighted by atomic mass is 16.5. The Balaban J connectivity index is 1.42. The predicted molar refractivity (Wildman–Crippen MR) is 128 cm³/mol. The van der Waals surface area contributed by atoms with E-state index >= 15 is 0 Å². The third kappa shape index (κ3) is 4.79. The second-order valence-electron chi connectivity index (χ2n) is 9.72. The van der Waals surface area contributed by atoms with Crippen LogP contribution in [-0.4, -0.2) is 41.3 Å². The summed E-state index contributed by atoms with van der Waals surface area (Å²) in [6, 6.07) is 15.3. The summed E-state index contributed by atoms with van der Waals surface area (Å²) in [4.78, 5) is 37.4. The van der Waals surface area contributed by atoms with Crippen molar-refractivity contribution in [1.82, 2.24) is 10.6 Å². The molecule has 180 valence electrons. The molecule has 2 amide bonds. The van der Waals surface area contributed by atoms with Crippen LogP contribution in [0.15, 0.2) is 48.5 Å². The number of benzene rings is 2. The summed E-state index contributed by atoms with van der Waals surface area (Å²) in [6.45, 7) is 4.22. The van der Waals surface area contributed by atoms with Crippen LogP contribution < -0.4 is 10.6 Å². The first-order valence-corrected chi connectivity index (χ1v) is 12.0. The van der Waals surface area contributed by atoms with Crippen LogP contribution in [0.4, 0.5) is 4.79 Å². The number of amides is 2. The third-order valence-electron chi connectivity index (χ3n) is 6.96. The zero-order valence-electron chi connectivity index (χ0n) is 19.7. The average molecular weight is 465 g/mol. The Kier molecular flexibility index (Phi) is 6.91. The monoisotopic (exact) mass is 464 g/mol. The van der Waals surface area contributed by atoms with Crippen molar-refractivity contribution in [2.24, 2.45) is 5.92 Å². The van der Waals surface area contributed by atoms with Crippen molar-refractivity contribution < 1.29 is 24.2 Å². The number of carbonyl (C=O) groups is 3. The maximum absolute atomic E-state index is 12.9. The van der Waals surface area contributed by atoms with Gasteiger partial charge in [0.1, 0.15) is 18.2 Å². The Morgan fingerprint density at radius 1 is 1.00 bits per heavy atom. The summed E-state index contributed by atoms with van der Waals surface area (Å²) in [5.74, 6) is -1.25. The van der Waals surface area contributed by atoms with E-state index in [1.54, 1.807) is 0 Å². The number of rotatable bonds is 9. The average Bonchev–Trinajstić information content (AvgIpc) is 3.11. The minimum Gasteiger partial charge on any atom is -0.480 e. The molecule has 2 aliphatic carbocycles. The van der Waals surface area contributed by atoms with Gasteiger partial charge in [0.05, 0.1) is 0 Å². The van der Waals surface area contributed by atoms with Gasteiger partial charge in [0.15, 0.2) is 0 Å². The van der Waals surface area contributed by atoms with Gasteiger partial charge in [-0.05, 0) is 60.3 Å². The second-order valence-corrected chi connectivity index (χ2v) is 9.72. The third-order valence-corrected chi connectivity index (χ3v) is 6.96. The molecule has 2 aromatic rings. The Labute approximate surface area is 199 Å². The van der Waals surface area contributed by atoms with Crippen LogP contribution in [0.1, 0.15) is 63.0 Å². The Bertz CT molecular complexity index is 1030. The first-order valence-electron chi connectivity index (χ1n) is 12.0. The molecule has 1 atom stereocenters. The summed E-state index contributed by atoms with van der Waals surface area (Å²) in [6.07, 6.45) is 1.99. The fourth-order valence-corrected chi connectivity index (χ4v) is 4.80. The zero-order valence-corrected chi connectivity index (χ0v) is 19.7. The highest BCUT2D eigenvalue weighted by Crippen LogP contribution is 2.44. The molecule has 1 saturated carbocycles. The van der Waals surface area contributed by atoms with Crippen molar-refractivity contribution in [3.8, 4) is 11.1 Å². The van der Waals surface area contributed by atoms with E-state index in [0.717, 1.165) is 28.7 Å². The molecule has 7 heteroatoms. The highest BCUT2D eigenvalue weighted by molar-refractivity contribution is 5.92. The molecule has 0 aliphatic heterocycles. The van der Waals surface area contributed by atoms with Gasteiger partial charge in [-0.3, -0.25) is 4.79 Å². The van der Waals surface area contributed by atoms with E-state index in [0.29, 0.717) is 31.6 Å². The van der Waals surface area contributed by atoms with E-state index in [-0.39, 0.29) is 12.5 Å². The minimum absolute atomic E-state index is 0.0775. The van der Waals surface area contributed by atoms with Crippen molar-refractivity contribution in [3.05, 3.63) is 59.7 Å². The van der Waals surface area contributed by atoms with E-state index in [9.17, 15) is 19.5 Å². The fraction of sp³-hybridized carbons (Fsp3) is 0.444. The Morgan fingerprint density at radius 3 is 2.09 bits per heavy atom. The Hall–Kier alpha value is -3.35. The lowest BCUT2D eigenvalue weighted by Gasteiger charge is -2.39. The minimum atomic E-state index is -1.23. The smallest absolute Gasteiger partial charge is 0.407 e. The topological polar surface area (TPSA) is 105 Å². The molecule has 0 bridgehead atoms. The largest absolute Gasteiger partial charge is 0.480 e. The molecule has 1 unspecified atom stereocenters. The van der Waals surface area contributed by atoms with Gasteiger partial charge in [0, 0.05) is 5.92 Å². The number of alkyl carbamates (subject to hydrolysis) is 1. The van der Waals surface area contributed by atoms with Crippen LogP contribution in [0.25, 0.3) is 11.1 Å². The number of carboxylic acid groups (broad SMARTS) is 1. The summed E-state index contributed by atoms with van der Waals surface area (Å²) >= 11 is 0. The van der Waals surface area contributed by atoms with E-state index < -0.39 is 29.6 Å². The first kappa shape index (κ1) is 23.8. The van der Waals surface area contributed by atoms with Gasteiger partial charge in [0.2, 0.25) is 5.91 Å². The molecular formula is C27H32N2O5. The maximum Gasteiger partial charge on any atom is 0.407 e. The lowest BCUT2D eigenvalue weighted by Crippen LogP contribution is -2.62. The second kappa shape index (κ2) is 9.87. The molecule has 2 aromatic carbocycles. The Morgan fingerprint density at radius 2 is 1.59 bits per heavy atom. The predicted octanol–water partition coefficient (Wildman–Crippen LogP) is 4.45. The van der Waals surface area contributed by atoms with Crippen LogP contribution in [0, 0.1) is 5.92 Å². The molecule has 34 heavy (non-hydrogen) atoms. The van der Waals surface area contributed by atoms with Gasteiger partial charge in [-0.15, -0.1) is 0 Å². The molecule has 0 spiro atoms. The molecule has 1 fully saturated rings. The number of fused-ring (bicyclic) bond motifs is 3. The van der Waals surface area contributed by atoms with Gasteiger partial charge in [0.25, 0.3) is 0 Å². The summed E-state index contributed by atoms with van der Waals surface area (Å²) in [5.41, 5.74) is 3.27. The van der Waals surface area contributed by atoms with Gasteiger partial charge in [-0.1, -0.05) is 62.4 Å². The lowest BCUT2D eigenvalue weighted by molar-refractivity contribution is -0.152. The molecule has 0 heterocycles. The molecule has 0 saturated heterocycles. The van der Waals surface area contributed by atoms with E-state index in [1.165, 1.54) is 0 Å². The van der Waals surface area contributed by atoms with Crippen LogP contribution in [0.2, 0.25) is 0 Å². The van der Waals surface area contributed by atoms with Crippen LogP contribution in [0.5, 0.6) is 0 Å². The number of nitrogens with one attached hydrogen (secondary N) is 2. The van der Waals surface area contributed by atoms with E-state index in [4.69, 9.17) is 4.74 Å². The summed E-state index contributed by atoms with van der Waals surface area (Å²) < 4.78 is 5.60. The fourth-order valence-electron chi connectivity index (χ4n) is 4.80. The number of ether oxygens (including phenoxy) is 1. The first-order chi connectivity index (χ1) is 16.3. The van der Waals surface area contributed by atoms with Crippen molar-refractivity contribution in [3.63, 3.8) is 0 Å². The van der Waals surface area contributed by atoms with E-state index in [2.05, 4.69) is 22.8 Å². The highest BCUT2D eigenvalue weighted by Gasteiger charge is 2.46. The quantitative estimate of drug-likeness (QED) is 0.508. The van der Waals surface area contributed by atoms with Crippen molar-refractivity contribution >= 4 is 18.0 Å². The van der Waals surface area contributed by atoms with Crippen LogP contribution >= 0.6 is 0 Å². The van der Waals surface area contributed by atoms with Crippen LogP contribution in [-0.2, 0) is 14.3 Å². The molecule has 7 nitrogen and oxygen atoms in total. The number of carboxylic acids is 1. The molecule has 3 N–H and O–H groups in total. The summed E-state index contributed by atoms with van der Waals surface area (Å²) in [5, 5.41) is 14.9. The molecule has 0 aromatic heterocycles. The number of hydrogen-bond acceptors (Lipinski definition) is 4. The van der Waals surface area contributed by atoms with E-state index in [1.807, 2.05) is 50.2 Å². The number of aliphatic carboxylic acids is 1. The van der Waals surface area contributed by atoms with Gasteiger partial charge in [-0.2, -0.15) is 0 Å². The molecule has 4 rings (SSSR count). The molecule has 0 radical (unpaired) electrons. The van der Waals surface area contributed by atoms with Crippen molar-refractivity contribution in [1.29, 1.82) is 0 Å². The SMILES string of the molecule is CC(C)CCC(NC(=O)OCC1c2ccccc2-c2ccccc21)C(=O)NC1(C(=O)O)CCC1. The zero-order chi connectivity index (χ0) is 24.3. The van der Waals surface area contributed by atoms with Crippen molar-refractivity contribution in [2.75, 3.05) is 6.61 Å². The number of hydrogen-bond donors (Lipinski definition) is 3. The summed E-state index contributed by atoms with van der Waals surface area (Å²) in [7, 11) is 0. The normalized spacial score (nSPS) is 16.7. The lowest BCUT2D eigenvalue weighted by atomic mass is 9.76. The van der Waals surface area contributed by atoms with Crippen LogP contribution in [0.3, 0.4) is 0 Å². The molecule has 2 aliphatic rings. The van der Waals surface area contributed by atoms with Crippen molar-refractivity contribution in [2.45, 2.75) is 63.5 Å². The maximum atomic E-state index is 12.9. The van der Waals surface area contributed by atoms with Gasteiger partial charge >= 0.3 is 12.1 Å². The van der Waals surface area contributed by atoms with Gasteiger partial charge in [-0.25, -0.2) is 9.59 Å². The number of carbonyl (C=O) groups excluding carboxylic acids is 2.